The van der Waals surface area contributed by atoms with Gasteiger partial charge in [-0.2, -0.15) is 13.2 Å². The summed E-state index contributed by atoms with van der Waals surface area (Å²) in [7, 11) is 0. The predicted molar refractivity (Wildman–Crippen MR) is 69.0 cm³/mol. The second kappa shape index (κ2) is 5.45. The summed E-state index contributed by atoms with van der Waals surface area (Å²) in [4.78, 5) is 5.78. The van der Waals surface area contributed by atoms with E-state index >= 15 is 0 Å². The van der Waals surface area contributed by atoms with Crippen LogP contribution in [0.4, 0.5) is 24.8 Å². The number of nitrogens with zero attached hydrogens (tertiary/aromatic N) is 2. The summed E-state index contributed by atoms with van der Waals surface area (Å²) < 4.78 is 38.5. The first-order chi connectivity index (χ1) is 9.31. The molecular weight excluding hydrogens is 273 g/mol. The zero-order valence-electron chi connectivity index (χ0n) is 11.0. The molecule has 2 atom stereocenters. The third-order valence-electron chi connectivity index (χ3n) is 3.52. The highest BCUT2D eigenvalue weighted by Crippen LogP contribution is 2.34. The fourth-order valence-corrected chi connectivity index (χ4v) is 2.30. The lowest BCUT2D eigenvalue weighted by atomic mass is 10.0. The molecule has 1 aromatic heterocycles. The Bertz CT molecular complexity index is 478. The highest BCUT2D eigenvalue weighted by molar-refractivity contribution is 5.51. The van der Waals surface area contributed by atoms with Crippen LogP contribution >= 0.6 is 0 Å². The van der Waals surface area contributed by atoms with Crippen LogP contribution < -0.4 is 16.2 Å². The lowest BCUT2D eigenvalue weighted by Gasteiger charge is -2.20. The number of anilines is 2. The summed E-state index contributed by atoms with van der Waals surface area (Å²) >= 11 is 0. The van der Waals surface area contributed by atoms with E-state index in [2.05, 4.69) is 10.4 Å². The summed E-state index contributed by atoms with van der Waals surface area (Å²) in [6.45, 7) is 2.73. The number of rotatable bonds is 3. The molecule has 2 unspecified atom stereocenters. The lowest BCUT2D eigenvalue weighted by molar-refractivity contribution is -0.137. The van der Waals surface area contributed by atoms with E-state index in [4.69, 9.17) is 5.84 Å². The fraction of sp³-hybridized carbons (Fsp3) is 0.583. The summed E-state index contributed by atoms with van der Waals surface area (Å²) in [5.41, 5.74) is 1.35. The van der Waals surface area contributed by atoms with Crippen molar-refractivity contribution in [2.75, 3.05) is 23.4 Å². The highest BCUT2D eigenvalue weighted by Gasteiger charge is 2.33. The van der Waals surface area contributed by atoms with Crippen molar-refractivity contribution in [2.45, 2.75) is 25.6 Å². The van der Waals surface area contributed by atoms with E-state index in [1.165, 1.54) is 0 Å². The number of hydrazine groups is 1. The van der Waals surface area contributed by atoms with Gasteiger partial charge < -0.3 is 15.4 Å². The Labute approximate surface area is 114 Å². The minimum Gasteiger partial charge on any atom is -0.393 e. The SMILES string of the molecule is CC(O)C1CCN(c2cc(C(F)(F)F)cc(NN)n2)C1. The van der Waals surface area contributed by atoms with E-state index in [9.17, 15) is 18.3 Å². The molecule has 0 spiro atoms. The first-order valence-electron chi connectivity index (χ1n) is 6.30. The van der Waals surface area contributed by atoms with Gasteiger partial charge >= 0.3 is 6.18 Å². The Morgan fingerprint density at radius 1 is 1.50 bits per heavy atom. The van der Waals surface area contributed by atoms with Crippen LogP contribution in [0.1, 0.15) is 18.9 Å². The number of hydrogen-bond donors (Lipinski definition) is 3. The second-order valence-electron chi connectivity index (χ2n) is 4.98. The van der Waals surface area contributed by atoms with Crippen molar-refractivity contribution in [1.29, 1.82) is 0 Å². The third-order valence-corrected chi connectivity index (χ3v) is 3.52. The maximum atomic E-state index is 12.8. The van der Waals surface area contributed by atoms with Crippen molar-refractivity contribution >= 4 is 11.6 Å². The van der Waals surface area contributed by atoms with Gasteiger partial charge in [0.05, 0.1) is 11.7 Å². The fourth-order valence-electron chi connectivity index (χ4n) is 2.30. The molecule has 0 aliphatic carbocycles. The zero-order valence-corrected chi connectivity index (χ0v) is 11.0. The molecule has 0 radical (unpaired) electrons. The second-order valence-corrected chi connectivity index (χ2v) is 4.98. The Morgan fingerprint density at radius 2 is 2.20 bits per heavy atom. The molecule has 0 amide bonds. The number of nitrogens with one attached hydrogen (secondary N) is 1. The molecule has 8 heteroatoms. The molecule has 20 heavy (non-hydrogen) atoms. The topological polar surface area (TPSA) is 74.4 Å². The number of halogens is 3. The minimum atomic E-state index is -4.45. The van der Waals surface area contributed by atoms with Gasteiger partial charge in [-0.05, 0) is 25.5 Å². The van der Waals surface area contributed by atoms with E-state index in [1.807, 2.05) is 0 Å². The molecule has 1 saturated heterocycles. The van der Waals surface area contributed by atoms with E-state index in [1.54, 1.807) is 11.8 Å². The van der Waals surface area contributed by atoms with E-state index in [0.29, 0.717) is 13.1 Å². The van der Waals surface area contributed by atoms with Crippen molar-refractivity contribution in [2.24, 2.45) is 11.8 Å². The monoisotopic (exact) mass is 290 g/mol. The molecule has 4 N–H and O–H groups in total. The molecular formula is C12H17F3N4O. The Kier molecular flexibility index (Phi) is 4.05. The molecule has 1 aliphatic heterocycles. The van der Waals surface area contributed by atoms with Crippen LogP contribution in [0.15, 0.2) is 12.1 Å². The van der Waals surface area contributed by atoms with E-state index in [0.717, 1.165) is 18.6 Å². The lowest BCUT2D eigenvalue weighted by Crippen LogP contribution is -2.25. The molecule has 112 valence electrons. The van der Waals surface area contributed by atoms with Crippen LogP contribution in [0.5, 0.6) is 0 Å². The van der Waals surface area contributed by atoms with Gasteiger partial charge in [0.2, 0.25) is 0 Å². The van der Waals surface area contributed by atoms with Gasteiger partial charge in [0, 0.05) is 19.0 Å². The van der Waals surface area contributed by atoms with E-state index in [-0.39, 0.29) is 17.6 Å². The molecule has 2 rings (SSSR count). The number of pyridine rings is 1. The molecule has 0 aromatic carbocycles. The molecule has 2 heterocycles. The summed E-state index contributed by atoms with van der Waals surface area (Å²) in [5, 5.41) is 9.54. The molecule has 0 bridgehead atoms. The van der Waals surface area contributed by atoms with Crippen molar-refractivity contribution < 1.29 is 18.3 Å². The molecule has 1 fully saturated rings. The number of aromatic nitrogens is 1. The van der Waals surface area contributed by atoms with Crippen molar-refractivity contribution in [1.82, 2.24) is 4.98 Å². The van der Waals surface area contributed by atoms with Crippen LogP contribution in [0.25, 0.3) is 0 Å². The van der Waals surface area contributed by atoms with Gasteiger partial charge in [0.15, 0.2) is 0 Å². The van der Waals surface area contributed by atoms with Crippen LogP contribution in [0, 0.1) is 5.92 Å². The van der Waals surface area contributed by atoms with Crippen LogP contribution in [0.2, 0.25) is 0 Å². The van der Waals surface area contributed by atoms with Crippen LogP contribution in [-0.4, -0.2) is 29.3 Å². The molecule has 0 saturated carbocycles. The van der Waals surface area contributed by atoms with Crippen LogP contribution in [-0.2, 0) is 6.18 Å². The number of nitrogen functional groups attached to an aromatic ring is 1. The van der Waals surface area contributed by atoms with Gasteiger partial charge in [-0.25, -0.2) is 10.8 Å². The Hall–Kier alpha value is -1.54. The maximum Gasteiger partial charge on any atom is 0.416 e. The van der Waals surface area contributed by atoms with Crippen molar-refractivity contribution in [3.8, 4) is 0 Å². The first kappa shape index (κ1) is 14.9. The van der Waals surface area contributed by atoms with Gasteiger partial charge in [0.1, 0.15) is 11.6 Å². The zero-order chi connectivity index (χ0) is 14.9. The number of hydrogen-bond acceptors (Lipinski definition) is 5. The Morgan fingerprint density at radius 3 is 2.70 bits per heavy atom. The third kappa shape index (κ3) is 3.13. The van der Waals surface area contributed by atoms with Crippen molar-refractivity contribution in [3.63, 3.8) is 0 Å². The number of alkyl halides is 3. The summed E-state index contributed by atoms with van der Waals surface area (Å²) in [6, 6.07) is 1.87. The quantitative estimate of drug-likeness (QED) is 0.582. The van der Waals surface area contributed by atoms with Crippen molar-refractivity contribution in [3.05, 3.63) is 17.7 Å². The number of aliphatic hydroxyl groups excluding tert-OH is 1. The molecule has 1 aromatic rings. The van der Waals surface area contributed by atoms with Gasteiger partial charge in [-0.1, -0.05) is 0 Å². The maximum absolute atomic E-state index is 12.8. The average molecular weight is 290 g/mol. The first-order valence-corrected chi connectivity index (χ1v) is 6.30. The van der Waals surface area contributed by atoms with Gasteiger partial charge in [0.25, 0.3) is 0 Å². The van der Waals surface area contributed by atoms with Gasteiger partial charge in [-0.15, -0.1) is 0 Å². The highest BCUT2D eigenvalue weighted by atomic mass is 19.4. The number of aliphatic hydroxyl groups is 1. The summed E-state index contributed by atoms with van der Waals surface area (Å²) in [6.07, 6.45) is -4.22. The van der Waals surface area contributed by atoms with Crippen LogP contribution in [0.3, 0.4) is 0 Å². The van der Waals surface area contributed by atoms with Gasteiger partial charge in [-0.3, -0.25) is 0 Å². The summed E-state index contributed by atoms with van der Waals surface area (Å²) in [5.74, 6) is 5.40. The van der Waals surface area contributed by atoms with E-state index < -0.39 is 17.8 Å². The normalized spacial score (nSPS) is 21.1. The smallest absolute Gasteiger partial charge is 0.393 e. The Balaban J connectivity index is 2.28. The average Bonchev–Trinajstić information content (AvgIpc) is 2.87. The number of nitrogens with two attached hydrogens (primary N) is 1. The molecule has 5 nitrogen and oxygen atoms in total. The molecule has 1 aliphatic rings. The standard InChI is InChI=1S/C12H17F3N4O/c1-7(20)8-2-3-19(6-8)11-5-9(12(13,14)15)4-10(17-11)18-16/h4-5,7-8,20H,2-3,6,16H2,1H3,(H,17,18). The predicted octanol–water partition coefficient (Wildman–Crippen LogP) is 1.59. The largest absolute Gasteiger partial charge is 0.416 e. The minimum absolute atomic E-state index is 0.0321.